The van der Waals surface area contributed by atoms with Gasteiger partial charge in [0.1, 0.15) is 15.7 Å². The van der Waals surface area contributed by atoms with Crippen LogP contribution in [0.25, 0.3) is 0 Å². The lowest BCUT2D eigenvalue weighted by atomic mass is 9.87. The smallest absolute Gasteiger partial charge is 0.109 e. The molecule has 0 spiro atoms. The lowest BCUT2D eigenvalue weighted by Crippen LogP contribution is -2.27. The Balaban J connectivity index is 1.80. The topological polar surface area (TPSA) is 36.9 Å². The van der Waals surface area contributed by atoms with Crippen LogP contribution in [0, 0.1) is 5.92 Å². The normalized spacial score (nSPS) is 42.8. The van der Waals surface area contributed by atoms with E-state index in [0.29, 0.717) is 12.5 Å². The molecule has 0 N–H and O–H groups in total. The van der Waals surface area contributed by atoms with Gasteiger partial charge in [-0.05, 0) is 31.6 Å². The first kappa shape index (κ1) is 15.4. The Labute approximate surface area is 118 Å². The summed E-state index contributed by atoms with van der Waals surface area (Å²) >= 11 is 0. The van der Waals surface area contributed by atoms with Gasteiger partial charge in [0.15, 0.2) is 0 Å². The van der Waals surface area contributed by atoms with Crippen LogP contribution < -0.4 is 0 Å². The van der Waals surface area contributed by atoms with Crippen molar-refractivity contribution >= 4 is 15.7 Å². The van der Waals surface area contributed by atoms with Crippen LogP contribution in [0.4, 0.5) is 0 Å². The molecular formula is C13H22B2O4. The SMILES string of the molecule is [B]C1CC(CCC2OC([B])CC2OC)C(COC)O1. The Morgan fingerprint density at radius 3 is 2.37 bits per heavy atom. The predicted molar refractivity (Wildman–Crippen MR) is 73.5 cm³/mol. The van der Waals surface area contributed by atoms with E-state index < -0.39 is 0 Å². The molecule has 6 atom stereocenters. The van der Waals surface area contributed by atoms with Crippen molar-refractivity contribution < 1.29 is 18.9 Å². The molecule has 0 aromatic rings. The summed E-state index contributed by atoms with van der Waals surface area (Å²) < 4.78 is 22.0. The maximum atomic E-state index is 5.85. The maximum absolute atomic E-state index is 5.85. The molecule has 0 amide bonds. The molecule has 4 nitrogen and oxygen atoms in total. The second-order valence-electron chi connectivity index (χ2n) is 5.46. The summed E-state index contributed by atoms with van der Waals surface area (Å²) in [7, 11) is 15.1. The quantitative estimate of drug-likeness (QED) is 0.659. The number of hydrogen-bond donors (Lipinski definition) is 0. The van der Waals surface area contributed by atoms with E-state index in [4.69, 9.17) is 34.6 Å². The third kappa shape index (κ3) is 3.97. The fourth-order valence-corrected chi connectivity index (χ4v) is 3.11. The highest BCUT2D eigenvalue weighted by atomic mass is 16.6. The molecule has 2 saturated heterocycles. The van der Waals surface area contributed by atoms with Crippen molar-refractivity contribution in [1.82, 2.24) is 0 Å². The van der Waals surface area contributed by atoms with Crippen molar-refractivity contribution in [2.24, 2.45) is 5.92 Å². The molecule has 0 aromatic carbocycles. The summed E-state index contributed by atoms with van der Waals surface area (Å²) in [6, 6.07) is -0.373. The van der Waals surface area contributed by atoms with Gasteiger partial charge in [-0.25, -0.2) is 0 Å². The second kappa shape index (κ2) is 7.11. The van der Waals surface area contributed by atoms with Crippen LogP contribution in [0.15, 0.2) is 0 Å². The van der Waals surface area contributed by atoms with E-state index in [1.54, 1.807) is 14.2 Å². The molecular weight excluding hydrogens is 242 g/mol. The molecule has 2 aliphatic rings. The van der Waals surface area contributed by atoms with Crippen LogP contribution in [0.2, 0.25) is 0 Å². The summed E-state index contributed by atoms with van der Waals surface area (Å²) in [5.41, 5.74) is 0. The fourth-order valence-electron chi connectivity index (χ4n) is 3.11. The number of methoxy groups -OCH3 is 2. The molecule has 2 rings (SSSR count). The Morgan fingerprint density at radius 1 is 1.00 bits per heavy atom. The van der Waals surface area contributed by atoms with E-state index in [1.165, 1.54) is 0 Å². The van der Waals surface area contributed by atoms with Crippen molar-refractivity contribution in [2.45, 2.75) is 56.0 Å². The van der Waals surface area contributed by atoms with Gasteiger partial charge in [-0.3, -0.25) is 0 Å². The first-order chi connectivity index (χ1) is 9.13. The monoisotopic (exact) mass is 264 g/mol. The average molecular weight is 264 g/mol. The molecule has 4 radical (unpaired) electrons. The van der Waals surface area contributed by atoms with Gasteiger partial charge >= 0.3 is 0 Å². The van der Waals surface area contributed by atoms with Crippen LogP contribution in [0.5, 0.6) is 0 Å². The molecule has 0 aromatic heterocycles. The molecule has 2 fully saturated rings. The fraction of sp³-hybridized carbons (Fsp3) is 1.00. The molecule has 6 heteroatoms. The lowest BCUT2D eigenvalue weighted by molar-refractivity contribution is -0.0103. The number of rotatable bonds is 6. The standard InChI is InChI=1S/C13H22B2O4/c1-16-7-11-8(5-12(14)19-11)3-4-9-10(17-2)6-13(15)18-9/h8-13H,3-7H2,1-2H3. The van der Waals surface area contributed by atoms with Gasteiger partial charge in [-0.2, -0.15) is 0 Å². The first-order valence-corrected chi connectivity index (χ1v) is 6.97. The number of hydrogen-bond acceptors (Lipinski definition) is 4. The summed E-state index contributed by atoms with van der Waals surface area (Å²) in [6.07, 6.45) is 3.85. The van der Waals surface area contributed by atoms with Crippen molar-refractivity contribution in [3.8, 4) is 0 Å². The molecule has 2 aliphatic heterocycles. The Morgan fingerprint density at radius 2 is 1.68 bits per heavy atom. The molecule has 0 saturated carbocycles. The summed E-state index contributed by atoms with van der Waals surface area (Å²) in [4.78, 5) is 0. The van der Waals surface area contributed by atoms with E-state index in [-0.39, 0.29) is 30.3 Å². The second-order valence-corrected chi connectivity index (χ2v) is 5.46. The van der Waals surface area contributed by atoms with Gasteiger partial charge in [0.25, 0.3) is 0 Å². The highest BCUT2D eigenvalue weighted by Gasteiger charge is 2.36. The van der Waals surface area contributed by atoms with Crippen molar-refractivity contribution in [1.29, 1.82) is 0 Å². The Kier molecular flexibility index (Phi) is 5.75. The molecule has 19 heavy (non-hydrogen) atoms. The lowest BCUT2D eigenvalue weighted by Gasteiger charge is -2.22. The largest absolute Gasteiger partial charge is 0.382 e. The zero-order chi connectivity index (χ0) is 13.8. The average Bonchev–Trinajstić information content (AvgIpc) is 2.90. The van der Waals surface area contributed by atoms with E-state index in [9.17, 15) is 0 Å². The zero-order valence-electron chi connectivity index (χ0n) is 11.8. The minimum Gasteiger partial charge on any atom is -0.382 e. The molecule has 2 heterocycles. The summed E-state index contributed by atoms with van der Waals surface area (Å²) in [5, 5.41) is 0. The third-order valence-electron chi connectivity index (χ3n) is 4.09. The number of ether oxygens (including phenoxy) is 4. The Hall–Kier alpha value is -0.0301. The van der Waals surface area contributed by atoms with Crippen LogP contribution >= 0.6 is 0 Å². The van der Waals surface area contributed by atoms with E-state index in [0.717, 1.165) is 25.7 Å². The predicted octanol–water partition coefficient (Wildman–Crippen LogP) is 0.611. The molecule has 0 bridgehead atoms. The van der Waals surface area contributed by atoms with E-state index >= 15 is 0 Å². The van der Waals surface area contributed by atoms with Gasteiger partial charge in [0, 0.05) is 26.2 Å². The highest BCUT2D eigenvalue weighted by Crippen LogP contribution is 2.32. The van der Waals surface area contributed by atoms with Crippen molar-refractivity contribution in [3.05, 3.63) is 0 Å². The van der Waals surface area contributed by atoms with Gasteiger partial charge in [-0.15, -0.1) is 0 Å². The summed E-state index contributed by atoms with van der Waals surface area (Å²) in [6.45, 7) is 0.594. The van der Waals surface area contributed by atoms with Crippen molar-refractivity contribution in [2.75, 3.05) is 20.8 Å². The zero-order valence-corrected chi connectivity index (χ0v) is 11.8. The molecule has 104 valence electrons. The van der Waals surface area contributed by atoms with Crippen LogP contribution in [-0.4, -0.2) is 66.8 Å². The van der Waals surface area contributed by atoms with E-state index in [1.807, 2.05) is 0 Å². The van der Waals surface area contributed by atoms with Crippen LogP contribution in [0.3, 0.4) is 0 Å². The van der Waals surface area contributed by atoms with Crippen LogP contribution in [0.1, 0.15) is 25.7 Å². The highest BCUT2D eigenvalue weighted by molar-refractivity contribution is 6.11. The maximum Gasteiger partial charge on any atom is 0.109 e. The third-order valence-corrected chi connectivity index (χ3v) is 4.09. The van der Waals surface area contributed by atoms with Crippen LogP contribution in [-0.2, 0) is 18.9 Å². The first-order valence-electron chi connectivity index (χ1n) is 6.97. The van der Waals surface area contributed by atoms with Crippen molar-refractivity contribution in [3.63, 3.8) is 0 Å². The molecule has 0 aliphatic carbocycles. The van der Waals surface area contributed by atoms with Gasteiger partial charge in [-0.1, -0.05) is 0 Å². The Bertz CT molecular complexity index is 279. The van der Waals surface area contributed by atoms with Gasteiger partial charge in [0.2, 0.25) is 0 Å². The molecule has 6 unspecified atom stereocenters. The van der Waals surface area contributed by atoms with E-state index in [2.05, 4.69) is 0 Å². The minimum atomic E-state index is -0.202. The minimum absolute atomic E-state index is 0.0834. The summed E-state index contributed by atoms with van der Waals surface area (Å²) in [5.74, 6) is 0.424. The van der Waals surface area contributed by atoms with Gasteiger partial charge < -0.3 is 18.9 Å². The van der Waals surface area contributed by atoms with Gasteiger partial charge in [0.05, 0.1) is 24.9 Å².